The number of sulfonamides is 1. The van der Waals surface area contributed by atoms with Crippen LogP contribution in [0.2, 0.25) is 0 Å². The summed E-state index contributed by atoms with van der Waals surface area (Å²) in [5.41, 5.74) is 0.383. The average molecular weight is 436 g/mol. The summed E-state index contributed by atoms with van der Waals surface area (Å²) in [6, 6.07) is 7.16. The summed E-state index contributed by atoms with van der Waals surface area (Å²) in [5, 5.41) is 3.04. The zero-order valence-corrected chi connectivity index (χ0v) is 17.9. The van der Waals surface area contributed by atoms with Crippen molar-refractivity contribution in [3.8, 4) is 5.75 Å². The van der Waals surface area contributed by atoms with Crippen molar-refractivity contribution in [3.63, 3.8) is 0 Å². The highest BCUT2D eigenvalue weighted by Crippen LogP contribution is 2.23. The Labute approximate surface area is 176 Å². The molecule has 0 saturated carbocycles. The van der Waals surface area contributed by atoms with Crippen molar-refractivity contribution in [2.24, 2.45) is 5.92 Å². The van der Waals surface area contributed by atoms with Crippen LogP contribution in [0.4, 0.5) is 4.39 Å². The maximum Gasteiger partial charge on any atom is 0.266 e. The van der Waals surface area contributed by atoms with Gasteiger partial charge in [0.05, 0.1) is 29.8 Å². The lowest BCUT2D eigenvalue weighted by atomic mass is 10.2. The highest BCUT2D eigenvalue weighted by atomic mass is 32.2. The lowest BCUT2D eigenvalue weighted by Crippen LogP contribution is -2.46. The number of halogens is 1. The molecule has 1 aliphatic heterocycles. The summed E-state index contributed by atoms with van der Waals surface area (Å²) in [7, 11) is -4.19. The van der Waals surface area contributed by atoms with E-state index >= 15 is 0 Å². The third-order valence-electron chi connectivity index (χ3n) is 4.68. The smallest absolute Gasteiger partial charge is 0.266 e. The summed E-state index contributed by atoms with van der Waals surface area (Å²) in [6.45, 7) is 4.96. The van der Waals surface area contributed by atoms with Gasteiger partial charge in [0.1, 0.15) is 11.6 Å². The first-order chi connectivity index (χ1) is 14.3. The summed E-state index contributed by atoms with van der Waals surface area (Å²) in [5.74, 6) is -0.223. The first-order valence-electron chi connectivity index (χ1n) is 9.90. The van der Waals surface area contributed by atoms with Gasteiger partial charge in [-0.15, -0.1) is 0 Å². The molecule has 162 valence electrons. The van der Waals surface area contributed by atoms with Crippen LogP contribution in [0, 0.1) is 11.7 Å². The normalized spacial score (nSPS) is 16.6. The van der Waals surface area contributed by atoms with E-state index in [-0.39, 0.29) is 11.4 Å². The predicted octanol–water partition coefficient (Wildman–Crippen LogP) is 2.73. The van der Waals surface area contributed by atoms with Gasteiger partial charge in [-0.25, -0.2) is 17.1 Å². The molecule has 7 nitrogen and oxygen atoms in total. The average Bonchev–Trinajstić information content (AvgIpc) is 3.25. The maximum atomic E-state index is 13.3. The van der Waals surface area contributed by atoms with Crippen LogP contribution in [0.3, 0.4) is 0 Å². The number of pyridine rings is 1. The van der Waals surface area contributed by atoms with Gasteiger partial charge in [0.15, 0.2) is 0 Å². The first kappa shape index (κ1) is 22.2. The largest absolute Gasteiger partial charge is 0.493 e. The van der Waals surface area contributed by atoms with Crippen LogP contribution >= 0.6 is 0 Å². The molecule has 0 bridgehead atoms. The molecule has 1 aromatic carbocycles. The topological polar surface area (TPSA) is 88.6 Å². The molecule has 2 aromatic rings. The van der Waals surface area contributed by atoms with Crippen LogP contribution in [0.5, 0.6) is 5.75 Å². The van der Waals surface area contributed by atoms with Crippen molar-refractivity contribution in [3.05, 3.63) is 54.1 Å². The summed E-state index contributed by atoms with van der Waals surface area (Å²) in [4.78, 5) is 17.2. The van der Waals surface area contributed by atoms with Gasteiger partial charge < -0.3 is 10.1 Å². The van der Waals surface area contributed by atoms with Crippen LogP contribution < -0.4 is 10.1 Å². The Bertz CT molecular complexity index is 974. The van der Waals surface area contributed by atoms with Gasteiger partial charge in [-0.05, 0) is 55.6 Å². The van der Waals surface area contributed by atoms with Crippen molar-refractivity contribution < 1.29 is 22.3 Å². The van der Waals surface area contributed by atoms with Gasteiger partial charge in [0.2, 0.25) is 0 Å². The van der Waals surface area contributed by atoms with Crippen LogP contribution in [-0.2, 0) is 21.4 Å². The highest BCUT2D eigenvalue weighted by molar-refractivity contribution is 7.89. The molecule has 1 aromatic heterocycles. The number of amides is 1. The molecule has 9 heteroatoms. The lowest BCUT2D eigenvalue weighted by molar-refractivity contribution is -0.128. The molecule has 1 fully saturated rings. The molecule has 30 heavy (non-hydrogen) atoms. The number of nitrogens with one attached hydrogen (secondary N) is 1. The van der Waals surface area contributed by atoms with E-state index in [1.54, 1.807) is 12.1 Å². The molecule has 1 amide bonds. The fourth-order valence-corrected chi connectivity index (χ4v) is 4.53. The van der Waals surface area contributed by atoms with Crippen LogP contribution in [-0.4, -0.2) is 42.8 Å². The number of hydrogen-bond donors (Lipinski definition) is 1. The molecule has 3 rings (SSSR count). The number of nitrogens with zero attached hydrogens (tertiary/aromatic N) is 2. The number of ether oxygens (including phenoxy) is 1. The Morgan fingerprint density at radius 1 is 1.30 bits per heavy atom. The second-order valence-corrected chi connectivity index (χ2v) is 9.50. The molecule has 0 aliphatic carbocycles. The Morgan fingerprint density at radius 2 is 2.03 bits per heavy atom. The summed E-state index contributed by atoms with van der Waals surface area (Å²) in [6.07, 6.45) is 2.86. The Hall–Kier alpha value is -2.52. The maximum absolute atomic E-state index is 13.3. The monoisotopic (exact) mass is 435 g/mol. The second kappa shape index (κ2) is 9.53. The zero-order valence-electron chi connectivity index (χ0n) is 17.0. The van der Waals surface area contributed by atoms with Crippen molar-refractivity contribution in [1.82, 2.24) is 14.6 Å². The van der Waals surface area contributed by atoms with Gasteiger partial charge >= 0.3 is 0 Å². The van der Waals surface area contributed by atoms with E-state index in [2.05, 4.69) is 10.3 Å². The molecule has 1 N–H and O–H groups in total. The molecule has 1 atom stereocenters. The predicted molar refractivity (Wildman–Crippen MR) is 110 cm³/mol. The number of carbonyl (C=O) groups is 1. The fraction of sp³-hybridized carbons (Fsp3) is 0.429. The van der Waals surface area contributed by atoms with E-state index in [0.717, 1.165) is 35.0 Å². The molecule has 1 aliphatic rings. The molecule has 0 unspecified atom stereocenters. The van der Waals surface area contributed by atoms with Crippen LogP contribution in [0.15, 0.2) is 47.5 Å². The minimum absolute atomic E-state index is 0.151. The van der Waals surface area contributed by atoms with Gasteiger partial charge in [-0.2, -0.15) is 0 Å². The van der Waals surface area contributed by atoms with Gasteiger partial charge in [-0.1, -0.05) is 13.8 Å². The number of carbonyl (C=O) groups excluding carboxylic acids is 1. The van der Waals surface area contributed by atoms with Crippen molar-refractivity contribution >= 4 is 15.9 Å². The van der Waals surface area contributed by atoms with E-state index in [1.165, 1.54) is 6.20 Å². The number of hydrogen-bond acceptors (Lipinski definition) is 6. The van der Waals surface area contributed by atoms with E-state index in [4.69, 9.17) is 4.74 Å². The summed E-state index contributed by atoms with van der Waals surface area (Å²) >= 11 is 0. The molecular weight excluding hydrogens is 409 g/mol. The third kappa shape index (κ3) is 5.34. The third-order valence-corrected chi connectivity index (χ3v) is 6.44. The Morgan fingerprint density at radius 3 is 2.67 bits per heavy atom. The Balaban J connectivity index is 1.91. The van der Waals surface area contributed by atoms with Crippen LogP contribution in [0.25, 0.3) is 0 Å². The SMILES string of the molecule is CC(C)COc1ccnc(CN(C(=O)[C@@H]2CCCN2)S(=O)(=O)c2ccc(F)cc2)c1. The van der Waals surface area contributed by atoms with E-state index in [9.17, 15) is 17.6 Å². The molecule has 0 radical (unpaired) electrons. The van der Waals surface area contributed by atoms with E-state index < -0.39 is 27.8 Å². The number of rotatable bonds is 8. The Kier molecular flexibility index (Phi) is 7.04. The second-order valence-electron chi connectivity index (χ2n) is 7.64. The van der Waals surface area contributed by atoms with Crippen molar-refractivity contribution in [1.29, 1.82) is 0 Å². The van der Waals surface area contributed by atoms with Gasteiger partial charge in [-0.3, -0.25) is 9.78 Å². The fourth-order valence-electron chi connectivity index (χ4n) is 3.13. The minimum atomic E-state index is -4.19. The lowest BCUT2D eigenvalue weighted by Gasteiger charge is -2.25. The van der Waals surface area contributed by atoms with Gasteiger partial charge in [0.25, 0.3) is 15.9 Å². The van der Waals surface area contributed by atoms with Crippen molar-refractivity contribution in [2.45, 2.75) is 44.2 Å². The number of benzene rings is 1. The molecule has 0 spiro atoms. The summed E-state index contributed by atoms with van der Waals surface area (Å²) < 4.78 is 46.3. The number of aromatic nitrogens is 1. The quantitative estimate of drug-likeness (QED) is 0.686. The van der Waals surface area contributed by atoms with E-state index in [1.807, 2.05) is 13.8 Å². The van der Waals surface area contributed by atoms with Crippen molar-refractivity contribution in [2.75, 3.05) is 13.2 Å². The standard InChI is InChI=1S/C21H26FN3O4S/c1-15(2)14-29-18-9-11-23-17(12-18)13-25(21(26)20-4-3-10-24-20)30(27,28)19-7-5-16(22)6-8-19/h5-9,11-12,15,20,24H,3-4,10,13-14H2,1-2H3/t20-/m0/s1. The van der Waals surface area contributed by atoms with Crippen LogP contribution in [0.1, 0.15) is 32.4 Å². The first-order valence-corrected chi connectivity index (χ1v) is 11.3. The van der Waals surface area contributed by atoms with Gasteiger partial charge in [0, 0.05) is 12.3 Å². The zero-order chi connectivity index (χ0) is 21.7. The van der Waals surface area contributed by atoms with E-state index in [0.29, 0.717) is 36.9 Å². The molecule has 1 saturated heterocycles. The molecule has 2 heterocycles. The minimum Gasteiger partial charge on any atom is -0.493 e. The molecular formula is C21H26FN3O4S. The highest BCUT2D eigenvalue weighted by Gasteiger charge is 2.35.